The molecule has 0 aliphatic carbocycles. The van der Waals surface area contributed by atoms with Gasteiger partial charge < -0.3 is 4.52 Å². The molecule has 1 aromatic carbocycles. The number of nitrogens with zero attached hydrogens (tertiary/aromatic N) is 2. The normalized spacial score (nSPS) is 15.9. The largest absolute Gasteiger partial charge is 0.354 e. The molecule has 0 atom stereocenters. The summed E-state index contributed by atoms with van der Waals surface area (Å²) in [4.78, 5) is 24.4. The van der Waals surface area contributed by atoms with Crippen molar-refractivity contribution in [3.8, 4) is 0 Å². The molecule has 6 heteroatoms. The van der Waals surface area contributed by atoms with Crippen molar-refractivity contribution in [3.05, 3.63) is 23.8 Å². The average Bonchev–Trinajstić information content (AvgIpc) is 2.82. The minimum atomic E-state index is -0.451. The Hall–Kier alpha value is -2.37. The van der Waals surface area contributed by atoms with Gasteiger partial charge in [0.2, 0.25) is 5.91 Å². The molecule has 0 saturated carbocycles. The van der Waals surface area contributed by atoms with Crippen LogP contribution in [0.4, 0.5) is 10.6 Å². The van der Waals surface area contributed by atoms with Crippen LogP contribution in [-0.4, -0.2) is 23.6 Å². The molecular weight excluding hydrogens is 246 g/mol. The highest BCUT2D eigenvalue weighted by Crippen LogP contribution is 2.29. The monoisotopic (exact) mass is 259 g/mol. The Bertz CT molecular complexity index is 662. The zero-order valence-electron chi connectivity index (χ0n) is 10.5. The highest BCUT2D eigenvalue weighted by Gasteiger charge is 2.28. The van der Waals surface area contributed by atoms with Gasteiger partial charge >= 0.3 is 6.03 Å². The summed E-state index contributed by atoms with van der Waals surface area (Å²) >= 11 is 0. The fourth-order valence-electron chi connectivity index (χ4n) is 2.25. The van der Waals surface area contributed by atoms with Crippen molar-refractivity contribution in [2.75, 3.05) is 11.4 Å². The van der Waals surface area contributed by atoms with Crippen LogP contribution in [0.5, 0.6) is 0 Å². The lowest BCUT2D eigenvalue weighted by Gasteiger charge is -2.24. The van der Waals surface area contributed by atoms with Gasteiger partial charge in [-0.15, -0.1) is 0 Å². The molecule has 3 rings (SSSR count). The Kier molecular flexibility index (Phi) is 2.70. The zero-order valence-corrected chi connectivity index (χ0v) is 10.5. The smallest absolute Gasteiger partial charge is 0.329 e. The number of rotatable bonds is 2. The van der Waals surface area contributed by atoms with E-state index in [9.17, 15) is 9.59 Å². The minimum absolute atomic E-state index is 0.261. The number of imide groups is 1. The van der Waals surface area contributed by atoms with Crippen LogP contribution in [0.25, 0.3) is 11.0 Å². The first kappa shape index (κ1) is 11.7. The molecule has 0 bridgehead atoms. The van der Waals surface area contributed by atoms with Gasteiger partial charge in [0.1, 0.15) is 0 Å². The van der Waals surface area contributed by atoms with E-state index in [1.165, 1.54) is 4.90 Å². The van der Waals surface area contributed by atoms with Crippen molar-refractivity contribution in [1.29, 1.82) is 0 Å². The lowest BCUT2D eigenvalue weighted by Crippen LogP contribution is -2.49. The highest BCUT2D eigenvalue weighted by molar-refractivity contribution is 6.08. The van der Waals surface area contributed by atoms with Crippen LogP contribution in [0, 0.1) is 0 Å². The minimum Gasteiger partial charge on any atom is -0.354 e. The van der Waals surface area contributed by atoms with Gasteiger partial charge in [0.05, 0.1) is 5.39 Å². The number of hydrogen-bond acceptors (Lipinski definition) is 4. The van der Waals surface area contributed by atoms with E-state index in [0.717, 1.165) is 17.4 Å². The summed E-state index contributed by atoms with van der Waals surface area (Å²) in [6, 6.07) is 5.30. The predicted molar refractivity (Wildman–Crippen MR) is 68.9 cm³/mol. The van der Waals surface area contributed by atoms with E-state index in [0.29, 0.717) is 17.9 Å². The molecule has 1 saturated heterocycles. The van der Waals surface area contributed by atoms with Crippen LogP contribution in [0.3, 0.4) is 0 Å². The van der Waals surface area contributed by atoms with Crippen LogP contribution < -0.4 is 10.2 Å². The number of carbonyl (C=O) groups is 2. The van der Waals surface area contributed by atoms with Crippen LogP contribution >= 0.6 is 0 Å². The topological polar surface area (TPSA) is 75.4 Å². The molecule has 1 fully saturated rings. The van der Waals surface area contributed by atoms with Crippen molar-refractivity contribution in [1.82, 2.24) is 10.5 Å². The second-order valence-corrected chi connectivity index (χ2v) is 4.41. The van der Waals surface area contributed by atoms with Crippen molar-refractivity contribution < 1.29 is 14.1 Å². The van der Waals surface area contributed by atoms with Gasteiger partial charge in [0, 0.05) is 13.0 Å². The van der Waals surface area contributed by atoms with Gasteiger partial charge in [-0.3, -0.25) is 15.0 Å². The Balaban J connectivity index is 2.06. The van der Waals surface area contributed by atoms with Crippen LogP contribution in [0.1, 0.15) is 18.9 Å². The third-order valence-electron chi connectivity index (χ3n) is 3.25. The molecule has 1 aliphatic rings. The standard InChI is InChI=1S/C13H13N3O3/c1-2-8-4-3-5-9-11(8)19-15-12(9)16-7-6-10(17)14-13(16)18/h3-5H,2,6-7H2,1H3,(H,14,17,18). The third-order valence-corrected chi connectivity index (χ3v) is 3.25. The van der Waals surface area contributed by atoms with Crippen LogP contribution in [0.15, 0.2) is 22.7 Å². The van der Waals surface area contributed by atoms with Gasteiger partial charge in [-0.1, -0.05) is 24.2 Å². The average molecular weight is 259 g/mol. The number of hydrogen-bond donors (Lipinski definition) is 1. The van der Waals surface area contributed by atoms with E-state index in [-0.39, 0.29) is 12.3 Å². The van der Waals surface area contributed by atoms with Gasteiger partial charge in [0.25, 0.3) is 0 Å². The second kappa shape index (κ2) is 4.38. The third kappa shape index (κ3) is 1.85. The van der Waals surface area contributed by atoms with E-state index in [4.69, 9.17) is 4.52 Å². The summed E-state index contributed by atoms with van der Waals surface area (Å²) in [6.07, 6.45) is 1.10. The van der Waals surface area contributed by atoms with Crippen molar-refractivity contribution >= 4 is 28.7 Å². The number of para-hydroxylation sites is 1. The SMILES string of the molecule is CCc1cccc2c(N3CCC(=O)NC3=O)noc12. The van der Waals surface area contributed by atoms with Crippen LogP contribution in [-0.2, 0) is 11.2 Å². The van der Waals surface area contributed by atoms with Gasteiger partial charge in [-0.2, -0.15) is 0 Å². The van der Waals surface area contributed by atoms with E-state index in [2.05, 4.69) is 10.5 Å². The highest BCUT2D eigenvalue weighted by atomic mass is 16.5. The number of benzene rings is 1. The quantitative estimate of drug-likeness (QED) is 0.892. The number of aryl methyl sites for hydroxylation is 1. The number of anilines is 1. The van der Waals surface area contributed by atoms with E-state index in [1.54, 1.807) is 0 Å². The van der Waals surface area contributed by atoms with E-state index in [1.807, 2.05) is 25.1 Å². The second-order valence-electron chi connectivity index (χ2n) is 4.41. The summed E-state index contributed by atoms with van der Waals surface area (Å²) in [5.74, 6) is 0.207. The number of nitrogens with one attached hydrogen (secondary N) is 1. The van der Waals surface area contributed by atoms with Crippen molar-refractivity contribution in [2.24, 2.45) is 0 Å². The number of fused-ring (bicyclic) bond motifs is 1. The fourth-order valence-corrected chi connectivity index (χ4v) is 2.25. The van der Waals surface area contributed by atoms with Crippen molar-refractivity contribution in [2.45, 2.75) is 19.8 Å². The molecule has 0 spiro atoms. The van der Waals surface area contributed by atoms with E-state index < -0.39 is 6.03 Å². The first-order valence-electron chi connectivity index (χ1n) is 6.19. The molecule has 1 N–H and O–H groups in total. The number of amides is 3. The molecule has 6 nitrogen and oxygen atoms in total. The maximum Gasteiger partial charge on any atom is 0.329 e. The van der Waals surface area contributed by atoms with Gasteiger partial charge in [-0.25, -0.2) is 4.79 Å². The summed E-state index contributed by atoms with van der Waals surface area (Å²) < 4.78 is 5.34. The molecule has 2 aromatic rings. The summed E-state index contributed by atoms with van der Waals surface area (Å²) in [5.41, 5.74) is 1.74. The Morgan fingerprint density at radius 3 is 3.00 bits per heavy atom. The lowest BCUT2D eigenvalue weighted by molar-refractivity contribution is -0.120. The Labute approximate surface area is 109 Å². The summed E-state index contributed by atoms with van der Waals surface area (Å²) in [6.45, 7) is 2.35. The van der Waals surface area contributed by atoms with Gasteiger partial charge in [-0.05, 0) is 18.1 Å². The predicted octanol–water partition coefficient (Wildman–Crippen LogP) is 1.84. The molecule has 2 heterocycles. The van der Waals surface area contributed by atoms with E-state index >= 15 is 0 Å². The molecule has 0 unspecified atom stereocenters. The molecule has 19 heavy (non-hydrogen) atoms. The van der Waals surface area contributed by atoms with Crippen molar-refractivity contribution in [3.63, 3.8) is 0 Å². The fraction of sp³-hybridized carbons (Fsp3) is 0.308. The molecule has 1 aliphatic heterocycles. The number of carbonyl (C=O) groups excluding carboxylic acids is 2. The number of urea groups is 1. The molecule has 98 valence electrons. The zero-order chi connectivity index (χ0) is 13.4. The molecule has 3 amide bonds. The Morgan fingerprint density at radius 1 is 1.42 bits per heavy atom. The molecule has 0 radical (unpaired) electrons. The van der Waals surface area contributed by atoms with Gasteiger partial charge in [0.15, 0.2) is 11.4 Å². The maximum atomic E-state index is 11.8. The number of aromatic nitrogens is 1. The lowest BCUT2D eigenvalue weighted by atomic mass is 10.1. The summed E-state index contributed by atoms with van der Waals surface area (Å²) in [7, 11) is 0. The molecular formula is C13H13N3O3. The first-order chi connectivity index (χ1) is 9.20. The molecule has 1 aromatic heterocycles. The summed E-state index contributed by atoms with van der Waals surface area (Å²) in [5, 5.41) is 7.05. The first-order valence-corrected chi connectivity index (χ1v) is 6.19. The Morgan fingerprint density at radius 2 is 2.26 bits per heavy atom. The maximum absolute atomic E-state index is 11.8. The van der Waals surface area contributed by atoms with Crippen LogP contribution in [0.2, 0.25) is 0 Å².